The molecular formula is C13H25N3O2. The lowest BCUT2D eigenvalue weighted by Gasteiger charge is -2.41. The zero-order chi connectivity index (χ0) is 13.3. The molecule has 1 aliphatic heterocycles. The molecule has 2 fully saturated rings. The smallest absolute Gasteiger partial charge is 0.238 e. The molecule has 5 nitrogen and oxygen atoms in total. The molecule has 3 atom stereocenters. The van der Waals surface area contributed by atoms with Gasteiger partial charge < -0.3 is 10.5 Å². The molecule has 0 aromatic rings. The molecule has 0 aromatic heterocycles. The molecular weight excluding hydrogens is 230 g/mol. The van der Waals surface area contributed by atoms with E-state index in [1.54, 1.807) is 0 Å². The molecule has 0 bridgehead atoms. The van der Waals surface area contributed by atoms with Crippen molar-refractivity contribution in [3.8, 4) is 0 Å². The number of morpholine rings is 1. The number of carbonyl (C=O) groups excluding carboxylic acids is 1. The number of hydrogen-bond acceptors (Lipinski definition) is 4. The third-order valence-corrected chi connectivity index (χ3v) is 3.90. The average molecular weight is 255 g/mol. The number of carbonyl (C=O) groups is 1. The van der Waals surface area contributed by atoms with Crippen LogP contribution >= 0.6 is 0 Å². The number of ether oxygens (including phenoxy) is 1. The van der Waals surface area contributed by atoms with Crippen molar-refractivity contribution in [2.24, 2.45) is 5.73 Å². The van der Waals surface area contributed by atoms with Crippen LogP contribution in [0.3, 0.4) is 0 Å². The van der Waals surface area contributed by atoms with Crippen molar-refractivity contribution < 1.29 is 9.53 Å². The van der Waals surface area contributed by atoms with Crippen molar-refractivity contribution in [3.63, 3.8) is 0 Å². The molecule has 3 unspecified atom stereocenters. The lowest BCUT2D eigenvalue weighted by molar-refractivity contribution is -0.126. The van der Waals surface area contributed by atoms with Crippen molar-refractivity contribution in [2.75, 3.05) is 19.7 Å². The van der Waals surface area contributed by atoms with Gasteiger partial charge in [-0.3, -0.25) is 15.0 Å². The van der Waals surface area contributed by atoms with Crippen molar-refractivity contribution in [3.05, 3.63) is 0 Å². The lowest BCUT2D eigenvalue weighted by atomic mass is 9.98. The Hall–Kier alpha value is -0.650. The Balaban J connectivity index is 2.00. The zero-order valence-corrected chi connectivity index (χ0v) is 11.6. The molecule has 1 saturated carbocycles. The number of nitrogens with one attached hydrogen (secondary N) is 1. The van der Waals surface area contributed by atoms with E-state index in [1.807, 2.05) is 6.92 Å². The van der Waals surface area contributed by atoms with Crippen molar-refractivity contribution in [1.82, 2.24) is 10.2 Å². The Bertz CT molecular complexity index is 319. The van der Waals surface area contributed by atoms with Crippen LogP contribution in [0, 0.1) is 0 Å². The number of amides is 1. The highest BCUT2D eigenvalue weighted by atomic mass is 16.5. The minimum Gasteiger partial charge on any atom is -0.376 e. The molecule has 18 heavy (non-hydrogen) atoms. The van der Waals surface area contributed by atoms with Gasteiger partial charge in [-0.05, 0) is 33.6 Å². The number of hydrogen-bond donors (Lipinski definition) is 2. The number of nitrogens with zero attached hydrogens (tertiary/aromatic N) is 1. The highest BCUT2D eigenvalue weighted by molar-refractivity contribution is 5.84. The van der Waals surface area contributed by atoms with E-state index < -0.39 is 5.54 Å². The van der Waals surface area contributed by atoms with E-state index >= 15 is 0 Å². The summed E-state index contributed by atoms with van der Waals surface area (Å²) >= 11 is 0. The van der Waals surface area contributed by atoms with E-state index in [1.165, 1.54) is 0 Å². The minimum atomic E-state index is -0.632. The highest BCUT2D eigenvalue weighted by Gasteiger charge is 2.40. The predicted octanol–water partition coefficient (Wildman–Crippen LogP) is 0.0916. The summed E-state index contributed by atoms with van der Waals surface area (Å²) in [4.78, 5) is 14.0. The molecule has 1 saturated heterocycles. The average Bonchev–Trinajstić information content (AvgIpc) is 3.07. The van der Waals surface area contributed by atoms with E-state index in [0.29, 0.717) is 18.6 Å². The Labute approximate surface area is 109 Å². The molecule has 0 aromatic carbocycles. The summed E-state index contributed by atoms with van der Waals surface area (Å²) in [5.74, 6) is -0.263. The Morgan fingerprint density at radius 2 is 2.17 bits per heavy atom. The van der Waals surface area contributed by atoms with Crippen LogP contribution in [-0.2, 0) is 9.53 Å². The van der Waals surface area contributed by atoms with Crippen LogP contribution in [-0.4, -0.2) is 54.2 Å². The Kier molecular flexibility index (Phi) is 3.94. The third-order valence-electron chi connectivity index (χ3n) is 3.90. The van der Waals surface area contributed by atoms with E-state index in [9.17, 15) is 4.79 Å². The maximum atomic E-state index is 11.7. The van der Waals surface area contributed by atoms with Gasteiger partial charge >= 0.3 is 0 Å². The zero-order valence-electron chi connectivity index (χ0n) is 11.6. The largest absolute Gasteiger partial charge is 0.376 e. The van der Waals surface area contributed by atoms with Crippen LogP contribution in [0.5, 0.6) is 0 Å². The molecule has 0 radical (unpaired) electrons. The standard InChI is InChI=1S/C13H25N3O2/c1-9-7-18-10(2)6-16(9)8-13(3,12(14)17)15-11-4-5-11/h9-11,15H,4-8H2,1-3H3,(H2,14,17). The first-order chi connectivity index (χ1) is 8.40. The van der Waals surface area contributed by atoms with Crippen LogP contribution in [0.15, 0.2) is 0 Å². The van der Waals surface area contributed by atoms with Crippen LogP contribution < -0.4 is 11.1 Å². The molecule has 5 heteroatoms. The van der Waals surface area contributed by atoms with Crippen molar-refractivity contribution in [1.29, 1.82) is 0 Å². The summed E-state index contributed by atoms with van der Waals surface area (Å²) in [5, 5.41) is 3.39. The van der Waals surface area contributed by atoms with Crippen molar-refractivity contribution in [2.45, 2.75) is 57.3 Å². The first kappa shape index (κ1) is 13.8. The summed E-state index contributed by atoms with van der Waals surface area (Å²) in [6.45, 7) is 8.35. The van der Waals surface area contributed by atoms with Crippen molar-refractivity contribution >= 4 is 5.91 Å². The maximum Gasteiger partial charge on any atom is 0.238 e. The minimum absolute atomic E-state index is 0.222. The first-order valence-electron chi connectivity index (χ1n) is 6.84. The molecule has 1 heterocycles. The van der Waals surface area contributed by atoms with Gasteiger partial charge in [0.05, 0.1) is 12.7 Å². The second-order valence-corrected chi connectivity index (χ2v) is 6.04. The van der Waals surface area contributed by atoms with Gasteiger partial charge in [0, 0.05) is 25.2 Å². The van der Waals surface area contributed by atoms with E-state index in [-0.39, 0.29) is 12.0 Å². The normalized spacial score (nSPS) is 33.1. The van der Waals surface area contributed by atoms with E-state index in [4.69, 9.17) is 10.5 Å². The molecule has 3 N–H and O–H groups in total. The fraction of sp³-hybridized carbons (Fsp3) is 0.923. The fourth-order valence-corrected chi connectivity index (χ4v) is 2.47. The predicted molar refractivity (Wildman–Crippen MR) is 70.2 cm³/mol. The first-order valence-corrected chi connectivity index (χ1v) is 6.84. The van der Waals surface area contributed by atoms with Gasteiger partial charge in [0.25, 0.3) is 0 Å². The Morgan fingerprint density at radius 3 is 2.72 bits per heavy atom. The number of primary amides is 1. The highest BCUT2D eigenvalue weighted by Crippen LogP contribution is 2.24. The summed E-state index contributed by atoms with van der Waals surface area (Å²) in [6, 6.07) is 0.803. The van der Waals surface area contributed by atoms with Gasteiger partial charge in [0.15, 0.2) is 0 Å². The monoisotopic (exact) mass is 255 g/mol. The van der Waals surface area contributed by atoms with Crippen LogP contribution in [0.2, 0.25) is 0 Å². The van der Waals surface area contributed by atoms with Crippen LogP contribution in [0.4, 0.5) is 0 Å². The van der Waals surface area contributed by atoms with Crippen LogP contribution in [0.1, 0.15) is 33.6 Å². The fourth-order valence-electron chi connectivity index (χ4n) is 2.47. The van der Waals surface area contributed by atoms with Gasteiger partial charge in [-0.1, -0.05) is 0 Å². The van der Waals surface area contributed by atoms with Gasteiger partial charge in [0.2, 0.25) is 5.91 Å². The summed E-state index contributed by atoms with van der Waals surface area (Å²) in [6.07, 6.45) is 2.52. The molecule has 1 aliphatic carbocycles. The third kappa shape index (κ3) is 3.22. The van der Waals surface area contributed by atoms with Crippen LogP contribution in [0.25, 0.3) is 0 Å². The topological polar surface area (TPSA) is 67.6 Å². The summed E-state index contributed by atoms with van der Waals surface area (Å²) in [5.41, 5.74) is 4.95. The molecule has 1 amide bonds. The summed E-state index contributed by atoms with van der Waals surface area (Å²) in [7, 11) is 0. The summed E-state index contributed by atoms with van der Waals surface area (Å²) < 4.78 is 5.61. The quantitative estimate of drug-likeness (QED) is 0.731. The number of nitrogens with two attached hydrogens (primary N) is 1. The van der Waals surface area contributed by atoms with Gasteiger partial charge in [-0.2, -0.15) is 0 Å². The second kappa shape index (κ2) is 5.15. The molecule has 2 rings (SSSR count). The SMILES string of the molecule is CC1CN(CC(C)(NC2CC2)C(N)=O)C(C)CO1. The Morgan fingerprint density at radius 1 is 1.50 bits per heavy atom. The maximum absolute atomic E-state index is 11.7. The van der Waals surface area contributed by atoms with E-state index in [0.717, 1.165) is 26.0 Å². The van der Waals surface area contributed by atoms with Gasteiger partial charge in [-0.25, -0.2) is 0 Å². The van der Waals surface area contributed by atoms with Gasteiger partial charge in [-0.15, -0.1) is 0 Å². The van der Waals surface area contributed by atoms with E-state index in [2.05, 4.69) is 24.1 Å². The second-order valence-electron chi connectivity index (χ2n) is 6.04. The molecule has 2 aliphatic rings. The van der Waals surface area contributed by atoms with Gasteiger partial charge in [0.1, 0.15) is 5.54 Å². The molecule has 104 valence electrons. The lowest BCUT2D eigenvalue weighted by Crippen LogP contribution is -2.63. The molecule has 0 spiro atoms. The number of rotatable bonds is 5.